The molecule has 2 aromatic rings. The van der Waals surface area contributed by atoms with Crippen molar-refractivity contribution in [3.63, 3.8) is 0 Å². The van der Waals surface area contributed by atoms with Crippen molar-refractivity contribution in [2.75, 3.05) is 7.11 Å². The zero-order valence-electron chi connectivity index (χ0n) is 11.6. The molecular weight excluding hydrogens is 254 g/mol. The van der Waals surface area contributed by atoms with Crippen LogP contribution in [0.3, 0.4) is 0 Å². The Morgan fingerprint density at radius 3 is 2.45 bits per heavy atom. The number of hydrogen-bond donors (Lipinski definition) is 1. The van der Waals surface area contributed by atoms with Gasteiger partial charge in [0.15, 0.2) is 0 Å². The highest BCUT2D eigenvalue weighted by Gasteiger charge is 2.20. The molecule has 4 heteroatoms. The van der Waals surface area contributed by atoms with E-state index in [4.69, 9.17) is 13.9 Å². The molecule has 1 saturated carbocycles. The second kappa shape index (κ2) is 6.01. The highest BCUT2D eigenvalue weighted by atomic mass is 16.5. The van der Waals surface area contributed by atoms with Crippen LogP contribution in [-0.2, 0) is 13.2 Å². The lowest BCUT2D eigenvalue weighted by atomic mass is 10.3. The van der Waals surface area contributed by atoms with Gasteiger partial charge in [-0.1, -0.05) is 0 Å². The molecule has 0 amide bonds. The normalized spacial score (nSPS) is 14.2. The number of hydrogen-bond acceptors (Lipinski definition) is 4. The first-order valence-corrected chi connectivity index (χ1v) is 6.91. The van der Waals surface area contributed by atoms with Gasteiger partial charge in [0.1, 0.15) is 29.6 Å². The van der Waals surface area contributed by atoms with Crippen molar-refractivity contribution in [2.24, 2.45) is 0 Å². The van der Waals surface area contributed by atoms with E-state index >= 15 is 0 Å². The molecular formula is C16H19NO3. The first-order valence-electron chi connectivity index (χ1n) is 6.91. The van der Waals surface area contributed by atoms with Crippen molar-refractivity contribution in [2.45, 2.75) is 32.0 Å². The maximum Gasteiger partial charge on any atom is 0.146 e. The molecule has 0 radical (unpaired) electrons. The van der Waals surface area contributed by atoms with Gasteiger partial charge in [0.05, 0.1) is 13.7 Å². The lowest BCUT2D eigenvalue weighted by molar-refractivity contribution is 0.264. The van der Waals surface area contributed by atoms with Crippen LogP contribution in [0.2, 0.25) is 0 Å². The minimum absolute atomic E-state index is 0.440. The predicted octanol–water partition coefficient (Wildman–Crippen LogP) is 3.12. The number of furan rings is 1. The molecule has 0 unspecified atom stereocenters. The van der Waals surface area contributed by atoms with Crippen molar-refractivity contribution in [1.82, 2.24) is 5.32 Å². The maximum absolute atomic E-state index is 5.72. The summed E-state index contributed by atoms with van der Waals surface area (Å²) in [5, 5.41) is 3.42. The lowest BCUT2D eigenvalue weighted by Gasteiger charge is -2.05. The Morgan fingerprint density at radius 1 is 1.05 bits per heavy atom. The first kappa shape index (κ1) is 13.1. The molecule has 1 heterocycles. The Morgan fingerprint density at radius 2 is 1.75 bits per heavy atom. The zero-order chi connectivity index (χ0) is 13.8. The summed E-state index contributed by atoms with van der Waals surface area (Å²) in [6.45, 7) is 1.24. The second-order valence-corrected chi connectivity index (χ2v) is 4.99. The van der Waals surface area contributed by atoms with Crippen molar-refractivity contribution in [3.8, 4) is 11.5 Å². The van der Waals surface area contributed by atoms with Crippen LogP contribution in [0.15, 0.2) is 40.8 Å². The third-order valence-electron chi connectivity index (χ3n) is 3.30. The minimum atomic E-state index is 0.440. The van der Waals surface area contributed by atoms with Gasteiger partial charge in [0, 0.05) is 6.04 Å². The SMILES string of the molecule is COc1ccc(OCc2ccc(CNC3CC3)o2)cc1. The lowest BCUT2D eigenvalue weighted by Crippen LogP contribution is -2.14. The number of benzene rings is 1. The average molecular weight is 273 g/mol. The van der Waals surface area contributed by atoms with Crippen LogP contribution in [0.5, 0.6) is 11.5 Å². The molecule has 1 aliphatic carbocycles. The maximum atomic E-state index is 5.72. The first-order chi connectivity index (χ1) is 9.83. The van der Waals surface area contributed by atoms with Gasteiger partial charge in [-0.15, -0.1) is 0 Å². The molecule has 0 saturated heterocycles. The van der Waals surface area contributed by atoms with Crippen molar-refractivity contribution in [1.29, 1.82) is 0 Å². The van der Waals surface area contributed by atoms with Crippen LogP contribution in [-0.4, -0.2) is 13.2 Å². The fourth-order valence-corrected chi connectivity index (χ4v) is 1.95. The molecule has 0 atom stereocenters. The third-order valence-corrected chi connectivity index (χ3v) is 3.30. The molecule has 0 aliphatic heterocycles. The standard InChI is InChI=1S/C16H19NO3/c1-18-13-4-6-14(7-5-13)19-11-16-9-8-15(20-16)10-17-12-2-3-12/h4-9,12,17H,2-3,10-11H2,1H3. The molecule has 1 N–H and O–H groups in total. The van der Waals surface area contributed by atoms with E-state index in [1.165, 1.54) is 12.8 Å². The summed E-state index contributed by atoms with van der Waals surface area (Å²) in [4.78, 5) is 0. The van der Waals surface area contributed by atoms with Gasteiger partial charge in [-0.3, -0.25) is 0 Å². The van der Waals surface area contributed by atoms with Gasteiger partial charge in [0.2, 0.25) is 0 Å². The second-order valence-electron chi connectivity index (χ2n) is 4.99. The van der Waals surface area contributed by atoms with Crippen LogP contribution in [0.4, 0.5) is 0 Å². The fourth-order valence-electron chi connectivity index (χ4n) is 1.95. The Kier molecular flexibility index (Phi) is 3.92. The van der Waals surface area contributed by atoms with E-state index in [1.807, 2.05) is 36.4 Å². The zero-order valence-corrected chi connectivity index (χ0v) is 11.6. The minimum Gasteiger partial charge on any atom is -0.497 e. The predicted molar refractivity (Wildman–Crippen MR) is 75.9 cm³/mol. The fraction of sp³-hybridized carbons (Fsp3) is 0.375. The molecule has 20 heavy (non-hydrogen) atoms. The molecule has 106 valence electrons. The van der Waals surface area contributed by atoms with Gasteiger partial charge in [-0.25, -0.2) is 0 Å². The van der Waals surface area contributed by atoms with Gasteiger partial charge in [0.25, 0.3) is 0 Å². The summed E-state index contributed by atoms with van der Waals surface area (Å²) in [5.74, 6) is 3.43. The summed E-state index contributed by atoms with van der Waals surface area (Å²) in [5.41, 5.74) is 0. The van der Waals surface area contributed by atoms with E-state index in [0.717, 1.165) is 29.6 Å². The van der Waals surface area contributed by atoms with Crippen molar-refractivity contribution < 1.29 is 13.9 Å². The quantitative estimate of drug-likeness (QED) is 0.841. The topological polar surface area (TPSA) is 43.6 Å². The number of rotatable bonds is 7. The van der Waals surface area contributed by atoms with Gasteiger partial charge < -0.3 is 19.2 Å². The van der Waals surface area contributed by atoms with Gasteiger partial charge >= 0.3 is 0 Å². The monoisotopic (exact) mass is 273 g/mol. The Balaban J connectivity index is 1.49. The van der Waals surface area contributed by atoms with Crippen molar-refractivity contribution >= 4 is 0 Å². The number of ether oxygens (including phenoxy) is 2. The van der Waals surface area contributed by atoms with Crippen LogP contribution < -0.4 is 14.8 Å². The van der Waals surface area contributed by atoms with Crippen LogP contribution in [0.1, 0.15) is 24.4 Å². The third kappa shape index (κ3) is 3.54. The van der Waals surface area contributed by atoms with E-state index in [2.05, 4.69) is 5.32 Å². The Labute approximate surface area is 118 Å². The summed E-state index contributed by atoms with van der Waals surface area (Å²) in [7, 11) is 1.65. The molecule has 1 aromatic carbocycles. The summed E-state index contributed by atoms with van der Waals surface area (Å²) in [6, 6.07) is 12.2. The van der Waals surface area contributed by atoms with E-state index in [1.54, 1.807) is 7.11 Å². The van der Waals surface area contributed by atoms with E-state index in [9.17, 15) is 0 Å². The molecule has 4 nitrogen and oxygen atoms in total. The van der Waals surface area contributed by atoms with Gasteiger partial charge in [-0.2, -0.15) is 0 Å². The molecule has 1 aliphatic rings. The largest absolute Gasteiger partial charge is 0.497 e. The van der Waals surface area contributed by atoms with Crippen LogP contribution in [0.25, 0.3) is 0 Å². The number of nitrogens with one attached hydrogen (secondary N) is 1. The van der Waals surface area contributed by atoms with E-state index in [-0.39, 0.29) is 0 Å². The molecule has 1 fully saturated rings. The smallest absolute Gasteiger partial charge is 0.146 e. The van der Waals surface area contributed by atoms with E-state index in [0.29, 0.717) is 12.6 Å². The summed E-state index contributed by atoms with van der Waals surface area (Å²) >= 11 is 0. The van der Waals surface area contributed by atoms with Crippen LogP contribution >= 0.6 is 0 Å². The van der Waals surface area contributed by atoms with E-state index < -0.39 is 0 Å². The van der Waals surface area contributed by atoms with Crippen LogP contribution in [0, 0.1) is 0 Å². The highest BCUT2D eigenvalue weighted by molar-refractivity contribution is 5.31. The van der Waals surface area contributed by atoms with Crippen molar-refractivity contribution in [3.05, 3.63) is 47.9 Å². The highest BCUT2D eigenvalue weighted by Crippen LogP contribution is 2.21. The molecule has 0 bridgehead atoms. The Bertz CT molecular complexity index is 543. The number of methoxy groups -OCH3 is 1. The molecule has 0 spiro atoms. The summed E-state index contributed by atoms with van der Waals surface area (Å²) < 4.78 is 16.5. The Hall–Kier alpha value is -1.94. The average Bonchev–Trinajstić information content (AvgIpc) is 3.22. The molecule has 3 rings (SSSR count). The molecule has 1 aromatic heterocycles. The van der Waals surface area contributed by atoms with Gasteiger partial charge in [-0.05, 0) is 49.2 Å². The summed E-state index contributed by atoms with van der Waals surface area (Å²) in [6.07, 6.45) is 2.57.